The van der Waals surface area contributed by atoms with Gasteiger partial charge in [0, 0.05) is 15.1 Å². The van der Waals surface area contributed by atoms with Crippen molar-refractivity contribution in [3.05, 3.63) is 97.1 Å². The summed E-state index contributed by atoms with van der Waals surface area (Å²) in [6.45, 7) is 0.268. The van der Waals surface area contributed by atoms with Crippen LogP contribution in [0.15, 0.2) is 69.6 Å². The summed E-state index contributed by atoms with van der Waals surface area (Å²) in [6.07, 6.45) is 1.76. The topological polar surface area (TPSA) is 33.0 Å². The second kappa shape index (κ2) is 9.38. The lowest BCUT2D eigenvalue weighted by Crippen LogP contribution is -1.98. The van der Waals surface area contributed by atoms with Crippen molar-refractivity contribution in [2.45, 2.75) is 6.61 Å². The molecule has 0 amide bonds. The molecule has 0 unspecified atom stereocenters. The highest BCUT2D eigenvalue weighted by molar-refractivity contribution is 9.11. The SMILES string of the molecule is N#C/C(=C\c1cc(Br)cc(Br)c1OCc1ccc(F)cc1)c1ccc(Cl)cc1. The van der Waals surface area contributed by atoms with Gasteiger partial charge in [-0.3, -0.25) is 0 Å². The highest BCUT2D eigenvalue weighted by Crippen LogP contribution is 2.36. The highest BCUT2D eigenvalue weighted by Gasteiger charge is 2.11. The molecular formula is C22H13Br2ClFNO. The van der Waals surface area contributed by atoms with Gasteiger partial charge in [0.15, 0.2) is 0 Å². The molecule has 2 nitrogen and oxygen atoms in total. The number of ether oxygens (including phenoxy) is 1. The summed E-state index contributed by atoms with van der Waals surface area (Å²) in [5.74, 6) is 0.299. The molecule has 0 saturated heterocycles. The Labute approximate surface area is 184 Å². The molecule has 3 aromatic carbocycles. The van der Waals surface area contributed by atoms with Crippen LogP contribution in [-0.4, -0.2) is 0 Å². The number of nitrogens with zero attached hydrogens (tertiary/aromatic N) is 1. The van der Waals surface area contributed by atoms with Crippen LogP contribution in [0.4, 0.5) is 4.39 Å². The van der Waals surface area contributed by atoms with E-state index in [0.717, 1.165) is 25.6 Å². The van der Waals surface area contributed by atoms with Crippen LogP contribution in [0.5, 0.6) is 5.75 Å². The average molecular weight is 522 g/mol. The zero-order chi connectivity index (χ0) is 20.1. The predicted molar refractivity (Wildman–Crippen MR) is 118 cm³/mol. The zero-order valence-electron chi connectivity index (χ0n) is 14.4. The van der Waals surface area contributed by atoms with Gasteiger partial charge < -0.3 is 4.74 Å². The molecule has 0 fully saturated rings. The first-order valence-corrected chi connectivity index (χ1v) is 10.2. The van der Waals surface area contributed by atoms with Gasteiger partial charge >= 0.3 is 0 Å². The molecule has 0 atom stereocenters. The van der Waals surface area contributed by atoms with E-state index in [1.807, 2.05) is 12.1 Å². The Bertz CT molecular complexity index is 1060. The largest absolute Gasteiger partial charge is 0.487 e. The van der Waals surface area contributed by atoms with Crippen molar-refractivity contribution in [1.82, 2.24) is 0 Å². The van der Waals surface area contributed by atoms with Gasteiger partial charge in [0.2, 0.25) is 0 Å². The molecule has 3 rings (SSSR count). The first-order chi connectivity index (χ1) is 13.5. The average Bonchev–Trinajstić information content (AvgIpc) is 2.67. The van der Waals surface area contributed by atoms with E-state index in [2.05, 4.69) is 37.9 Å². The molecule has 0 bridgehead atoms. The molecule has 0 N–H and O–H groups in total. The third-order valence-electron chi connectivity index (χ3n) is 3.91. The summed E-state index contributed by atoms with van der Waals surface area (Å²) >= 11 is 12.9. The molecule has 0 heterocycles. The summed E-state index contributed by atoms with van der Waals surface area (Å²) in [5.41, 5.74) is 2.81. The zero-order valence-corrected chi connectivity index (χ0v) is 18.4. The van der Waals surface area contributed by atoms with E-state index in [-0.39, 0.29) is 12.4 Å². The third kappa shape index (κ3) is 5.23. The van der Waals surface area contributed by atoms with Gasteiger partial charge in [-0.15, -0.1) is 0 Å². The fourth-order valence-electron chi connectivity index (χ4n) is 2.54. The van der Waals surface area contributed by atoms with E-state index >= 15 is 0 Å². The number of nitriles is 1. The van der Waals surface area contributed by atoms with E-state index in [1.54, 1.807) is 42.5 Å². The van der Waals surface area contributed by atoms with Gasteiger partial charge in [-0.1, -0.05) is 51.8 Å². The van der Waals surface area contributed by atoms with Crippen LogP contribution < -0.4 is 4.74 Å². The van der Waals surface area contributed by atoms with Crippen LogP contribution in [0.3, 0.4) is 0 Å². The van der Waals surface area contributed by atoms with Gasteiger partial charge in [-0.25, -0.2) is 4.39 Å². The molecular weight excluding hydrogens is 509 g/mol. The van der Waals surface area contributed by atoms with Gasteiger partial charge in [0.25, 0.3) is 0 Å². The smallest absolute Gasteiger partial charge is 0.141 e. The van der Waals surface area contributed by atoms with Crippen LogP contribution in [0.2, 0.25) is 5.02 Å². The van der Waals surface area contributed by atoms with E-state index in [1.165, 1.54) is 12.1 Å². The van der Waals surface area contributed by atoms with Gasteiger partial charge in [-0.2, -0.15) is 5.26 Å². The van der Waals surface area contributed by atoms with Crippen molar-refractivity contribution in [3.63, 3.8) is 0 Å². The minimum Gasteiger partial charge on any atom is -0.487 e. The molecule has 0 aromatic heterocycles. The molecule has 6 heteroatoms. The standard InChI is InChI=1S/C22H13Br2ClFNO/c23-18-10-16(9-17(12-27)15-3-5-19(25)6-4-15)22(21(24)11-18)28-13-14-1-7-20(26)8-2-14/h1-11H,13H2/b17-9+. The number of hydrogen-bond acceptors (Lipinski definition) is 2. The number of allylic oxidation sites excluding steroid dienone is 1. The van der Waals surface area contributed by atoms with Crippen molar-refractivity contribution in [1.29, 1.82) is 5.26 Å². The van der Waals surface area contributed by atoms with Gasteiger partial charge in [-0.05, 0) is 69.5 Å². The van der Waals surface area contributed by atoms with Gasteiger partial charge in [0.05, 0.1) is 16.1 Å². The molecule has 0 aliphatic carbocycles. The predicted octanol–water partition coefficient (Wildman–Crippen LogP) is 7.65. The minimum atomic E-state index is -0.293. The maximum atomic E-state index is 13.1. The maximum absolute atomic E-state index is 13.1. The molecule has 0 saturated carbocycles. The van der Waals surface area contributed by atoms with Crippen LogP contribution in [0.25, 0.3) is 11.6 Å². The van der Waals surface area contributed by atoms with Gasteiger partial charge in [0.1, 0.15) is 18.2 Å². The summed E-state index contributed by atoms with van der Waals surface area (Å²) in [5, 5.41) is 10.2. The monoisotopic (exact) mass is 519 g/mol. The van der Waals surface area contributed by atoms with Crippen molar-refractivity contribution >= 4 is 55.1 Å². The number of halogens is 4. The summed E-state index contributed by atoms with van der Waals surface area (Å²) < 4.78 is 20.7. The van der Waals surface area contributed by atoms with E-state index in [9.17, 15) is 9.65 Å². The molecule has 0 aliphatic rings. The Hall–Kier alpha value is -2.13. The van der Waals surface area contributed by atoms with Crippen LogP contribution in [-0.2, 0) is 6.61 Å². The summed E-state index contributed by atoms with van der Waals surface area (Å²) in [7, 11) is 0. The van der Waals surface area contributed by atoms with Crippen molar-refractivity contribution in [2.24, 2.45) is 0 Å². The fraction of sp³-hybridized carbons (Fsp3) is 0.0455. The molecule has 140 valence electrons. The van der Waals surface area contributed by atoms with E-state index in [4.69, 9.17) is 16.3 Å². The number of hydrogen-bond donors (Lipinski definition) is 0. The lowest BCUT2D eigenvalue weighted by molar-refractivity contribution is 0.303. The molecule has 0 spiro atoms. The Morgan fingerprint density at radius 1 is 1.07 bits per heavy atom. The van der Waals surface area contributed by atoms with E-state index in [0.29, 0.717) is 16.3 Å². The molecule has 3 aromatic rings. The van der Waals surface area contributed by atoms with Crippen LogP contribution in [0, 0.1) is 17.1 Å². The maximum Gasteiger partial charge on any atom is 0.141 e. The normalized spacial score (nSPS) is 11.2. The third-order valence-corrected chi connectivity index (χ3v) is 5.21. The highest BCUT2D eigenvalue weighted by atomic mass is 79.9. The first kappa shape index (κ1) is 20.6. The fourth-order valence-corrected chi connectivity index (χ4v) is 4.04. The summed E-state index contributed by atoms with van der Waals surface area (Å²) in [6, 6.07) is 19.2. The molecule has 0 radical (unpaired) electrons. The lowest BCUT2D eigenvalue weighted by atomic mass is 10.0. The van der Waals surface area contributed by atoms with Crippen molar-refractivity contribution in [2.75, 3.05) is 0 Å². The Balaban J connectivity index is 1.96. The van der Waals surface area contributed by atoms with E-state index < -0.39 is 0 Å². The Morgan fingerprint density at radius 2 is 1.75 bits per heavy atom. The molecule has 28 heavy (non-hydrogen) atoms. The Morgan fingerprint density at radius 3 is 2.39 bits per heavy atom. The minimum absolute atomic E-state index is 0.268. The molecule has 0 aliphatic heterocycles. The number of rotatable bonds is 5. The second-order valence-electron chi connectivity index (χ2n) is 5.90. The van der Waals surface area contributed by atoms with Crippen molar-refractivity contribution in [3.8, 4) is 11.8 Å². The second-order valence-corrected chi connectivity index (χ2v) is 8.10. The quantitative estimate of drug-likeness (QED) is 0.255. The number of benzene rings is 3. The van der Waals surface area contributed by atoms with Crippen LogP contribution >= 0.6 is 43.5 Å². The first-order valence-electron chi connectivity index (χ1n) is 8.20. The Kier molecular flexibility index (Phi) is 6.90. The summed E-state index contributed by atoms with van der Waals surface area (Å²) in [4.78, 5) is 0. The van der Waals surface area contributed by atoms with Crippen LogP contribution in [0.1, 0.15) is 16.7 Å². The lowest BCUT2D eigenvalue weighted by Gasteiger charge is -2.13. The van der Waals surface area contributed by atoms with Crippen molar-refractivity contribution < 1.29 is 9.13 Å².